The third-order valence-electron chi connectivity index (χ3n) is 6.84. The van der Waals surface area contributed by atoms with Gasteiger partial charge in [0.05, 0.1) is 26.2 Å². The van der Waals surface area contributed by atoms with Gasteiger partial charge in [-0.1, -0.05) is 48.5 Å². The third-order valence-corrected chi connectivity index (χ3v) is 8.69. The van der Waals surface area contributed by atoms with Crippen molar-refractivity contribution in [2.75, 3.05) is 31.3 Å². The minimum Gasteiger partial charge on any atom is -0.493 e. The van der Waals surface area contributed by atoms with Gasteiger partial charge in [0.2, 0.25) is 21.8 Å². The number of hydrogen-bond donors (Lipinski definition) is 1. The Labute approximate surface area is 240 Å². The van der Waals surface area contributed by atoms with E-state index in [-0.39, 0.29) is 24.2 Å². The van der Waals surface area contributed by atoms with E-state index in [0.29, 0.717) is 27.1 Å². The van der Waals surface area contributed by atoms with Gasteiger partial charge in [-0.15, -0.1) is 0 Å². The molecule has 214 valence electrons. The van der Waals surface area contributed by atoms with Crippen molar-refractivity contribution in [3.8, 4) is 11.5 Å². The molecule has 9 nitrogen and oxygen atoms in total. The van der Waals surface area contributed by atoms with Crippen LogP contribution in [-0.2, 0) is 26.2 Å². The first-order valence-electron chi connectivity index (χ1n) is 12.7. The number of nitrogens with zero attached hydrogens (tertiary/aromatic N) is 2. The number of halogens is 2. The van der Waals surface area contributed by atoms with Gasteiger partial charge in [0, 0.05) is 34.3 Å². The molecule has 0 bridgehead atoms. The molecule has 0 radical (unpaired) electrons. The molecular weight excluding hydrogens is 565 g/mol. The number of benzene rings is 2. The SMILES string of the molecule is COc1ccc(N(CC(=O)N(Cc2c(Cl)cccc2Cl)C(C)C(=O)NC2CCCCC2)S(C)(=O)=O)cc1OC. The summed E-state index contributed by atoms with van der Waals surface area (Å²) in [6.45, 7) is 0.972. The Balaban J connectivity index is 1.95. The highest BCUT2D eigenvalue weighted by atomic mass is 35.5. The van der Waals surface area contributed by atoms with E-state index in [9.17, 15) is 18.0 Å². The first kappa shape index (κ1) is 30.8. The summed E-state index contributed by atoms with van der Waals surface area (Å²) in [5.41, 5.74) is 0.669. The predicted octanol–water partition coefficient (Wildman–Crippen LogP) is 4.64. The van der Waals surface area contributed by atoms with Gasteiger partial charge in [0.25, 0.3) is 0 Å². The highest BCUT2D eigenvalue weighted by Crippen LogP contribution is 2.33. The Morgan fingerprint density at radius 3 is 2.21 bits per heavy atom. The number of methoxy groups -OCH3 is 2. The largest absolute Gasteiger partial charge is 0.493 e. The van der Waals surface area contributed by atoms with Crippen LogP contribution in [0.2, 0.25) is 10.0 Å². The first-order valence-corrected chi connectivity index (χ1v) is 15.3. The van der Waals surface area contributed by atoms with Crippen molar-refractivity contribution in [1.29, 1.82) is 0 Å². The van der Waals surface area contributed by atoms with E-state index in [4.69, 9.17) is 32.7 Å². The van der Waals surface area contributed by atoms with Crippen molar-refractivity contribution in [2.45, 2.75) is 57.7 Å². The maximum Gasteiger partial charge on any atom is 0.244 e. The number of carbonyl (C=O) groups excluding carboxylic acids is 2. The number of hydrogen-bond acceptors (Lipinski definition) is 6. The molecule has 2 amide bonds. The number of anilines is 1. The number of sulfonamides is 1. The Morgan fingerprint density at radius 2 is 1.64 bits per heavy atom. The topological polar surface area (TPSA) is 105 Å². The van der Waals surface area contributed by atoms with E-state index in [1.807, 2.05) is 0 Å². The highest BCUT2D eigenvalue weighted by Gasteiger charge is 2.32. The zero-order valence-corrected chi connectivity index (χ0v) is 24.9. The third kappa shape index (κ3) is 7.93. The molecule has 12 heteroatoms. The molecular formula is C27H35Cl2N3O6S. The van der Waals surface area contributed by atoms with Gasteiger partial charge in [0.15, 0.2) is 11.5 Å². The van der Waals surface area contributed by atoms with Crippen LogP contribution in [0.15, 0.2) is 36.4 Å². The molecule has 1 N–H and O–H groups in total. The molecule has 0 aliphatic heterocycles. The number of nitrogens with one attached hydrogen (secondary N) is 1. The summed E-state index contributed by atoms with van der Waals surface area (Å²) in [5, 5.41) is 3.72. The maximum atomic E-state index is 13.8. The van der Waals surface area contributed by atoms with Crippen molar-refractivity contribution in [2.24, 2.45) is 0 Å². The summed E-state index contributed by atoms with van der Waals surface area (Å²) in [7, 11) is -1.02. The highest BCUT2D eigenvalue weighted by molar-refractivity contribution is 7.92. The molecule has 39 heavy (non-hydrogen) atoms. The van der Waals surface area contributed by atoms with Crippen LogP contribution in [0.25, 0.3) is 0 Å². The van der Waals surface area contributed by atoms with Crippen molar-refractivity contribution in [3.05, 3.63) is 52.0 Å². The summed E-state index contributed by atoms with van der Waals surface area (Å²) in [4.78, 5) is 28.4. The second-order valence-electron chi connectivity index (χ2n) is 9.55. The number of rotatable bonds is 11. The molecule has 2 aromatic carbocycles. The Hall–Kier alpha value is -2.69. The van der Waals surface area contributed by atoms with Gasteiger partial charge in [-0.05, 0) is 44.0 Å². The average molecular weight is 601 g/mol. The lowest BCUT2D eigenvalue weighted by molar-refractivity contribution is -0.139. The molecule has 1 aliphatic rings. The zero-order valence-electron chi connectivity index (χ0n) is 22.6. The quantitative estimate of drug-likeness (QED) is 0.403. The lowest BCUT2D eigenvalue weighted by Crippen LogP contribution is -2.53. The molecule has 0 heterocycles. The fraction of sp³-hybridized carbons (Fsp3) is 0.481. The molecule has 2 aromatic rings. The van der Waals surface area contributed by atoms with Gasteiger partial charge in [-0.2, -0.15) is 0 Å². The minimum absolute atomic E-state index is 0.0360. The maximum absolute atomic E-state index is 13.8. The standard InChI is InChI=1S/C27H35Cl2N3O6S/c1-18(27(34)30-19-9-6-5-7-10-19)31(16-21-22(28)11-8-12-23(21)29)26(33)17-32(39(4,35)36)20-13-14-24(37-2)25(15-20)38-3/h8,11-15,18-19H,5-7,9-10,16-17H2,1-4H3,(H,30,34). The van der Waals surface area contributed by atoms with Crippen LogP contribution in [0, 0.1) is 0 Å². The normalized spacial score (nSPS) is 14.8. The smallest absolute Gasteiger partial charge is 0.244 e. The summed E-state index contributed by atoms with van der Waals surface area (Å²) < 4.78 is 37.2. The molecule has 1 saturated carbocycles. The van der Waals surface area contributed by atoms with Crippen molar-refractivity contribution >= 4 is 50.7 Å². The Morgan fingerprint density at radius 1 is 1.03 bits per heavy atom. The Bertz CT molecular complexity index is 1260. The van der Waals surface area contributed by atoms with Crippen LogP contribution in [0.4, 0.5) is 5.69 Å². The predicted molar refractivity (Wildman–Crippen MR) is 153 cm³/mol. The average Bonchev–Trinajstić information content (AvgIpc) is 2.90. The van der Waals surface area contributed by atoms with Crippen LogP contribution in [0.5, 0.6) is 11.5 Å². The fourth-order valence-corrected chi connectivity index (χ4v) is 5.96. The van der Waals surface area contributed by atoms with Gasteiger partial charge in [-0.3, -0.25) is 13.9 Å². The van der Waals surface area contributed by atoms with Gasteiger partial charge >= 0.3 is 0 Å². The first-order chi connectivity index (χ1) is 18.5. The zero-order chi connectivity index (χ0) is 28.7. The van der Waals surface area contributed by atoms with Crippen molar-refractivity contribution in [1.82, 2.24) is 10.2 Å². The van der Waals surface area contributed by atoms with E-state index < -0.39 is 28.5 Å². The van der Waals surface area contributed by atoms with E-state index in [1.54, 1.807) is 31.2 Å². The monoisotopic (exact) mass is 599 g/mol. The number of amides is 2. The molecule has 1 fully saturated rings. The van der Waals surface area contributed by atoms with Gasteiger partial charge in [-0.25, -0.2) is 8.42 Å². The summed E-state index contributed by atoms with van der Waals surface area (Å²) >= 11 is 12.8. The van der Waals surface area contributed by atoms with Crippen LogP contribution >= 0.6 is 23.2 Å². The van der Waals surface area contributed by atoms with Gasteiger partial charge < -0.3 is 19.7 Å². The van der Waals surface area contributed by atoms with E-state index >= 15 is 0 Å². The van der Waals surface area contributed by atoms with Crippen molar-refractivity contribution < 1.29 is 27.5 Å². The van der Waals surface area contributed by atoms with Crippen molar-refractivity contribution in [3.63, 3.8) is 0 Å². The number of ether oxygens (including phenoxy) is 2. The molecule has 0 spiro atoms. The minimum atomic E-state index is -3.91. The summed E-state index contributed by atoms with van der Waals surface area (Å²) in [6, 6.07) is 8.63. The second-order valence-corrected chi connectivity index (χ2v) is 12.3. The van der Waals surface area contributed by atoms with Crippen LogP contribution in [0.1, 0.15) is 44.6 Å². The molecule has 1 atom stereocenters. The fourth-order valence-electron chi connectivity index (χ4n) is 4.60. The molecule has 1 aliphatic carbocycles. The van der Waals surface area contributed by atoms with Crippen LogP contribution in [0.3, 0.4) is 0 Å². The van der Waals surface area contributed by atoms with Crippen LogP contribution in [-0.4, -0.2) is 64.2 Å². The molecule has 1 unspecified atom stereocenters. The molecule has 3 rings (SSSR count). The van der Waals surface area contributed by atoms with E-state index in [0.717, 1.165) is 42.7 Å². The molecule has 0 aromatic heterocycles. The number of carbonyl (C=O) groups is 2. The van der Waals surface area contributed by atoms with Gasteiger partial charge in [0.1, 0.15) is 12.6 Å². The second kappa shape index (κ2) is 13.6. The van der Waals surface area contributed by atoms with E-state index in [2.05, 4.69) is 5.32 Å². The van der Waals surface area contributed by atoms with E-state index in [1.165, 1.54) is 31.3 Å². The molecule has 0 saturated heterocycles. The Kier molecular flexibility index (Phi) is 10.7. The lowest BCUT2D eigenvalue weighted by Gasteiger charge is -2.33. The summed E-state index contributed by atoms with van der Waals surface area (Å²) in [6.07, 6.45) is 5.96. The lowest BCUT2D eigenvalue weighted by atomic mass is 9.95. The van der Waals surface area contributed by atoms with Crippen LogP contribution < -0.4 is 19.1 Å². The summed E-state index contributed by atoms with van der Waals surface area (Å²) in [5.74, 6) is -0.215.